The van der Waals surface area contributed by atoms with Gasteiger partial charge in [-0.2, -0.15) is 0 Å². The minimum atomic E-state index is -0.511. The molecular weight excluding hydrogens is 457 g/mol. The summed E-state index contributed by atoms with van der Waals surface area (Å²) < 4.78 is 24.5. The van der Waals surface area contributed by atoms with Crippen LogP contribution in [0.2, 0.25) is 5.02 Å². The van der Waals surface area contributed by atoms with Crippen molar-refractivity contribution in [2.45, 2.75) is 56.5 Å². The highest BCUT2D eigenvalue weighted by Crippen LogP contribution is 2.50. The second kappa shape index (κ2) is 10.4. The van der Waals surface area contributed by atoms with Crippen molar-refractivity contribution in [3.05, 3.63) is 52.8 Å². The van der Waals surface area contributed by atoms with Crippen LogP contribution >= 0.6 is 11.6 Å². The van der Waals surface area contributed by atoms with Crippen LogP contribution in [0.5, 0.6) is 11.5 Å². The molecule has 1 heterocycles. The monoisotopic (exact) mass is 489 g/mol. The highest BCUT2D eigenvalue weighted by molar-refractivity contribution is 6.31. The van der Waals surface area contributed by atoms with E-state index in [9.17, 15) is 9.18 Å². The van der Waals surface area contributed by atoms with E-state index in [0.29, 0.717) is 11.7 Å². The van der Waals surface area contributed by atoms with Crippen LogP contribution in [-0.4, -0.2) is 50.3 Å². The Morgan fingerprint density at radius 1 is 1.18 bits per heavy atom. The molecule has 184 valence electrons. The summed E-state index contributed by atoms with van der Waals surface area (Å²) in [6.45, 7) is 4.28. The van der Waals surface area contributed by atoms with Gasteiger partial charge in [-0.1, -0.05) is 24.6 Å². The van der Waals surface area contributed by atoms with Crippen molar-refractivity contribution >= 4 is 23.3 Å². The van der Waals surface area contributed by atoms with Crippen LogP contribution in [0.3, 0.4) is 0 Å². The van der Waals surface area contributed by atoms with Crippen LogP contribution in [0, 0.1) is 5.82 Å². The lowest BCUT2D eigenvalue weighted by atomic mass is 9.65. The van der Waals surface area contributed by atoms with Crippen LogP contribution in [0.15, 0.2) is 36.4 Å². The number of halogens is 2. The first-order valence-electron chi connectivity index (χ1n) is 11.9. The number of nitrogens with one attached hydrogen (secondary N) is 2. The molecule has 2 aromatic rings. The molecule has 8 heteroatoms. The number of methoxy groups -OCH3 is 2. The van der Waals surface area contributed by atoms with Gasteiger partial charge in [0.25, 0.3) is 0 Å². The Balaban J connectivity index is 1.51. The fourth-order valence-corrected chi connectivity index (χ4v) is 5.92. The molecule has 4 rings (SSSR count). The quantitative estimate of drug-likeness (QED) is 0.532. The van der Waals surface area contributed by atoms with E-state index in [1.54, 1.807) is 14.2 Å². The molecule has 1 aliphatic heterocycles. The van der Waals surface area contributed by atoms with Gasteiger partial charge in [0.15, 0.2) is 11.5 Å². The molecule has 0 radical (unpaired) electrons. The molecule has 3 atom stereocenters. The molecule has 6 nitrogen and oxygen atoms in total. The summed E-state index contributed by atoms with van der Waals surface area (Å²) in [6.07, 6.45) is 4.89. The van der Waals surface area contributed by atoms with E-state index >= 15 is 0 Å². The van der Waals surface area contributed by atoms with E-state index in [1.807, 2.05) is 6.07 Å². The van der Waals surface area contributed by atoms with Crippen LogP contribution in [0.25, 0.3) is 0 Å². The van der Waals surface area contributed by atoms with Gasteiger partial charge in [0.05, 0.1) is 19.2 Å². The molecular formula is C26H33ClFN3O3. The average Bonchev–Trinajstić information content (AvgIpc) is 3.20. The maximum Gasteiger partial charge on any atom is 0.319 e. The summed E-state index contributed by atoms with van der Waals surface area (Å²) in [6, 6.07) is 10.5. The number of amides is 2. The largest absolute Gasteiger partial charge is 0.493 e. The van der Waals surface area contributed by atoms with Gasteiger partial charge in [-0.05, 0) is 81.1 Å². The zero-order valence-corrected chi connectivity index (χ0v) is 20.8. The number of benzene rings is 2. The first-order valence-corrected chi connectivity index (χ1v) is 12.3. The Morgan fingerprint density at radius 2 is 1.97 bits per heavy atom. The van der Waals surface area contributed by atoms with E-state index in [0.717, 1.165) is 56.7 Å². The summed E-state index contributed by atoms with van der Waals surface area (Å²) in [5, 5.41) is 5.89. The number of hydrogen-bond acceptors (Lipinski definition) is 4. The summed E-state index contributed by atoms with van der Waals surface area (Å²) in [5.74, 6) is 0.971. The highest BCUT2D eigenvalue weighted by Gasteiger charge is 2.51. The Labute approximate surface area is 205 Å². The summed E-state index contributed by atoms with van der Waals surface area (Å²) >= 11 is 5.84. The van der Waals surface area contributed by atoms with Crippen LogP contribution in [0.1, 0.15) is 44.6 Å². The number of rotatable bonds is 7. The molecule has 2 aliphatic rings. The molecule has 0 bridgehead atoms. The first-order chi connectivity index (χ1) is 16.4. The van der Waals surface area contributed by atoms with Crippen molar-refractivity contribution in [2.75, 3.05) is 32.6 Å². The fourth-order valence-electron chi connectivity index (χ4n) is 5.74. The summed E-state index contributed by atoms with van der Waals surface area (Å²) in [4.78, 5) is 15.2. The van der Waals surface area contributed by atoms with Gasteiger partial charge in [0, 0.05) is 23.2 Å². The molecule has 2 amide bonds. The minimum Gasteiger partial charge on any atom is -0.493 e. The van der Waals surface area contributed by atoms with E-state index < -0.39 is 5.82 Å². The van der Waals surface area contributed by atoms with Crippen molar-refractivity contribution in [3.8, 4) is 11.5 Å². The van der Waals surface area contributed by atoms with Crippen molar-refractivity contribution in [3.63, 3.8) is 0 Å². The van der Waals surface area contributed by atoms with E-state index in [2.05, 4.69) is 34.6 Å². The van der Waals surface area contributed by atoms with Gasteiger partial charge >= 0.3 is 6.03 Å². The third-order valence-corrected chi connectivity index (χ3v) is 7.64. The number of urea groups is 1. The standard InChI is InChI=1S/C26H33ClFN3O3/c1-4-12-31-13-11-26(17-5-8-22(33-2)23(14-17)34-3)10-9-19(16-24(26)31)30-25(32)29-18-6-7-21(28)20(27)15-18/h5-8,14-15,19,24H,4,9-13,16H2,1-3H3,(H2,29,30,32)/t19-,24+,26-/m0/s1. The number of nitrogens with zero attached hydrogens (tertiary/aromatic N) is 1. The lowest BCUT2D eigenvalue weighted by molar-refractivity contribution is 0.136. The van der Waals surface area contributed by atoms with Gasteiger partial charge in [-0.3, -0.25) is 4.90 Å². The zero-order chi connectivity index (χ0) is 24.3. The lowest BCUT2D eigenvalue weighted by Gasteiger charge is -2.45. The third kappa shape index (κ3) is 4.82. The molecule has 1 saturated heterocycles. The zero-order valence-electron chi connectivity index (χ0n) is 20.0. The Kier molecular flexibility index (Phi) is 7.53. The van der Waals surface area contributed by atoms with E-state index in [4.69, 9.17) is 21.1 Å². The third-order valence-electron chi connectivity index (χ3n) is 7.35. The van der Waals surface area contributed by atoms with Gasteiger partial charge in [0.1, 0.15) is 5.82 Å². The molecule has 2 fully saturated rings. The number of likely N-dealkylation sites (tertiary alicyclic amines) is 1. The van der Waals surface area contributed by atoms with Crippen molar-refractivity contribution < 1.29 is 18.7 Å². The van der Waals surface area contributed by atoms with Crippen molar-refractivity contribution in [2.24, 2.45) is 0 Å². The molecule has 0 aromatic heterocycles. The Bertz CT molecular complexity index is 1040. The number of fused-ring (bicyclic) bond motifs is 1. The number of carbonyl (C=O) groups excluding carboxylic acids is 1. The smallest absolute Gasteiger partial charge is 0.319 e. The Morgan fingerprint density at radius 3 is 2.68 bits per heavy atom. The molecule has 1 saturated carbocycles. The van der Waals surface area contributed by atoms with E-state index in [1.165, 1.54) is 23.8 Å². The molecule has 0 unspecified atom stereocenters. The summed E-state index contributed by atoms with van der Waals surface area (Å²) in [5.41, 5.74) is 1.76. The summed E-state index contributed by atoms with van der Waals surface area (Å²) in [7, 11) is 3.32. The highest BCUT2D eigenvalue weighted by atomic mass is 35.5. The average molecular weight is 490 g/mol. The lowest BCUT2D eigenvalue weighted by Crippen LogP contribution is -2.53. The predicted octanol–water partition coefficient (Wildman–Crippen LogP) is 5.59. The normalized spacial score (nSPS) is 24.4. The topological polar surface area (TPSA) is 62.8 Å². The molecule has 0 spiro atoms. The molecule has 2 aromatic carbocycles. The van der Waals surface area contributed by atoms with Crippen LogP contribution < -0.4 is 20.1 Å². The molecule has 34 heavy (non-hydrogen) atoms. The maximum absolute atomic E-state index is 13.4. The number of ether oxygens (including phenoxy) is 2. The van der Waals surface area contributed by atoms with Gasteiger partial charge < -0.3 is 20.1 Å². The van der Waals surface area contributed by atoms with Crippen molar-refractivity contribution in [1.82, 2.24) is 10.2 Å². The van der Waals surface area contributed by atoms with Crippen LogP contribution in [-0.2, 0) is 5.41 Å². The van der Waals surface area contributed by atoms with Gasteiger partial charge in [-0.25, -0.2) is 9.18 Å². The Hall–Kier alpha value is -2.51. The number of hydrogen-bond donors (Lipinski definition) is 2. The number of carbonyl (C=O) groups is 1. The number of anilines is 1. The van der Waals surface area contributed by atoms with E-state index in [-0.39, 0.29) is 22.5 Å². The molecule has 2 N–H and O–H groups in total. The second-order valence-electron chi connectivity index (χ2n) is 9.23. The van der Waals surface area contributed by atoms with Crippen LogP contribution in [0.4, 0.5) is 14.9 Å². The maximum atomic E-state index is 13.4. The SMILES string of the molecule is CCCN1CC[C@]2(c3ccc(OC)c(OC)c3)CC[C@H](NC(=O)Nc3ccc(F)c(Cl)c3)C[C@@H]12. The second-order valence-corrected chi connectivity index (χ2v) is 9.63. The molecule has 1 aliphatic carbocycles. The van der Waals surface area contributed by atoms with Gasteiger partial charge in [0.2, 0.25) is 0 Å². The first kappa shape index (κ1) is 24.6. The fraction of sp³-hybridized carbons (Fsp3) is 0.500. The minimum absolute atomic E-state index is 0.0173. The predicted molar refractivity (Wildman–Crippen MR) is 133 cm³/mol. The van der Waals surface area contributed by atoms with Gasteiger partial charge in [-0.15, -0.1) is 0 Å². The van der Waals surface area contributed by atoms with Crippen molar-refractivity contribution in [1.29, 1.82) is 0 Å².